The van der Waals surface area contributed by atoms with E-state index in [1.54, 1.807) is 0 Å². The second kappa shape index (κ2) is 5.52. The number of hydrogen-bond acceptors (Lipinski definition) is 4. The molecule has 1 amide bonds. The summed E-state index contributed by atoms with van der Waals surface area (Å²) in [5, 5.41) is 10.6. The van der Waals surface area contributed by atoms with Crippen molar-refractivity contribution in [2.75, 3.05) is 13.1 Å². The number of carbonyl (C=O) groups is 1. The first-order chi connectivity index (χ1) is 9.63. The molecular weight excluding hydrogens is 254 g/mol. The molecule has 1 saturated carbocycles. The van der Waals surface area contributed by atoms with Crippen molar-refractivity contribution in [2.24, 2.45) is 5.92 Å². The smallest absolute Gasteiger partial charge is 0.225 e. The van der Waals surface area contributed by atoms with Crippen LogP contribution in [0.1, 0.15) is 50.3 Å². The van der Waals surface area contributed by atoms with Crippen LogP contribution in [0.4, 0.5) is 0 Å². The molecule has 1 aliphatic carbocycles. The molecule has 1 saturated heterocycles. The summed E-state index contributed by atoms with van der Waals surface area (Å²) in [6, 6.07) is 0.600. The number of rotatable bonds is 4. The summed E-state index contributed by atoms with van der Waals surface area (Å²) in [5.41, 5.74) is 0. The summed E-state index contributed by atoms with van der Waals surface area (Å²) in [6.07, 6.45) is 4.23. The number of aromatic amines is 1. The number of amides is 1. The summed E-state index contributed by atoms with van der Waals surface area (Å²) >= 11 is 0. The van der Waals surface area contributed by atoms with E-state index in [0.717, 1.165) is 50.4 Å². The lowest BCUT2D eigenvalue weighted by molar-refractivity contribution is -0.133. The first-order valence-corrected chi connectivity index (χ1v) is 7.57. The van der Waals surface area contributed by atoms with E-state index in [0.29, 0.717) is 17.9 Å². The molecule has 0 bridgehead atoms. The molecule has 1 aliphatic heterocycles. The molecule has 6 nitrogen and oxygen atoms in total. The molecule has 1 atom stereocenters. The first-order valence-electron chi connectivity index (χ1n) is 7.57. The van der Waals surface area contributed by atoms with Crippen molar-refractivity contribution in [3.63, 3.8) is 0 Å². The molecule has 3 rings (SSSR count). The maximum Gasteiger partial charge on any atom is 0.225 e. The quantitative estimate of drug-likeness (QED) is 0.866. The number of piperidine rings is 1. The minimum Gasteiger partial charge on any atom is -0.342 e. The minimum atomic E-state index is 0.149. The Kier molecular flexibility index (Phi) is 3.74. The third-order valence-corrected chi connectivity index (χ3v) is 4.22. The van der Waals surface area contributed by atoms with Gasteiger partial charge in [0.1, 0.15) is 5.82 Å². The Morgan fingerprint density at radius 3 is 2.60 bits per heavy atom. The molecule has 2 aliphatic rings. The Hall–Kier alpha value is -1.43. The molecule has 0 aromatic carbocycles. The Morgan fingerprint density at radius 2 is 2.05 bits per heavy atom. The van der Waals surface area contributed by atoms with Gasteiger partial charge in [-0.3, -0.25) is 9.89 Å². The molecule has 1 aromatic heterocycles. The molecule has 2 heterocycles. The topological polar surface area (TPSA) is 73.9 Å². The second-order valence-corrected chi connectivity index (χ2v) is 6.04. The van der Waals surface area contributed by atoms with Gasteiger partial charge in [0, 0.05) is 25.0 Å². The Bertz CT molecular complexity index is 474. The molecule has 0 spiro atoms. The average Bonchev–Trinajstić information content (AvgIpc) is 3.20. The van der Waals surface area contributed by atoms with Crippen molar-refractivity contribution in [2.45, 2.75) is 51.6 Å². The van der Waals surface area contributed by atoms with Crippen LogP contribution in [0.25, 0.3) is 0 Å². The molecule has 2 fully saturated rings. The minimum absolute atomic E-state index is 0.149. The Balaban J connectivity index is 1.47. The number of nitrogens with zero attached hydrogens (tertiary/aromatic N) is 3. The highest BCUT2D eigenvalue weighted by Gasteiger charge is 2.35. The van der Waals surface area contributed by atoms with Crippen LogP contribution in [0, 0.1) is 12.8 Å². The molecule has 6 heteroatoms. The number of aryl methyl sites for hydroxylation is 1. The van der Waals surface area contributed by atoms with Crippen molar-refractivity contribution in [3.05, 3.63) is 11.6 Å². The lowest BCUT2D eigenvalue weighted by atomic mass is 10.0. The maximum absolute atomic E-state index is 12.0. The highest BCUT2D eigenvalue weighted by atomic mass is 16.2. The second-order valence-electron chi connectivity index (χ2n) is 6.04. The van der Waals surface area contributed by atoms with E-state index in [-0.39, 0.29) is 6.04 Å². The SMILES string of the molecule is Cc1nc(C(C)NC2CCN(C(=O)C3CC3)CC2)n[nH]1. The highest BCUT2D eigenvalue weighted by Crippen LogP contribution is 2.32. The van der Waals surface area contributed by atoms with Gasteiger partial charge in [0.2, 0.25) is 5.91 Å². The van der Waals surface area contributed by atoms with Gasteiger partial charge in [0.05, 0.1) is 6.04 Å². The van der Waals surface area contributed by atoms with Gasteiger partial charge in [-0.15, -0.1) is 0 Å². The fourth-order valence-corrected chi connectivity index (χ4v) is 2.84. The molecule has 1 aromatic rings. The van der Waals surface area contributed by atoms with E-state index < -0.39 is 0 Å². The monoisotopic (exact) mass is 277 g/mol. The van der Waals surface area contributed by atoms with Gasteiger partial charge in [-0.2, -0.15) is 5.10 Å². The normalized spacial score (nSPS) is 22.0. The van der Waals surface area contributed by atoms with Gasteiger partial charge in [-0.1, -0.05) is 0 Å². The number of likely N-dealkylation sites (tertiary alicyclic amines) is 1. The van der Waals surface area contributed by atoms with Crippen LogP contribution in [0.2, 0.25) is 0 Å². The number of H-pyrrole nitrogens is 1. The summed E-state index contributed by atoms with van der Waals surface area (Å²) in [6.45, 7) is 5.76. The number of hydrogen-bond donors (Lipinski definition) is 2. The van der Waals surface area contributed by atoms with Gasteiger partial charge in [-0.25, -0.2) is 4.98 Å². The van der Waals surface area contributed by atoms with Gasteiger partial charge < -0.3 is 10.2 Å². The van der Waals surface area contributed by atoms with Crippen molar-refractivity contribution in [3.8, 4) is 0 Å². The van der Waals surface area contributed by atoms with Crippen molar-refractivity contribution in [1.29, 1.82) is 0 Å². The summed E-state index contributed by atoms with van der Waals surface area (Å²) in [4.78, 5) is 18.4. The number of carbonyl (C=O) groups excluding carboxylic acids is 1. The Morgan fingerprint density at radius 1 is 1.35 bits per heavy atom. The van der Waals surface area contributed by atoms with Gasteiger partial charge in [-0.05, 0) is 39.5 Å². The number of aromatic nitrogens is 3. The summed E-state index contributed by atoms with van der Waals surface area (Å²) < 4.78 is 0. The van der Waals surface area contributed by atoms with Gasteiger partial charge >= 0.3 is 0 Å². The van der Waals surface area contributed by atoms with E-state index in [2.05, 4.69) is 27.4 Å². The van der Waals surface area contributed by atoms with Crippen LogP contribution in [0.3, 0.4) is 0 Å². The fourth-order valence-electron chi connectivity index (χ4n) is 2.84. The molecule has 1 unspecified atom stereocenters. The third kappa shape index (κ3) is 3.00. The van der Waals surface area contributed by atoms with Crippen molar-refractivity contribution < 1.29 is 4.79 Å². The molecular formula is C14H23N5O. The summed E-state index contributed by atoms with van der Waals surface area (Å²) in [5.74, 6) is 2.38. The van der Waals surface area contributed by atoms with Crippen molar-refractivity contribution in [1.82, 2.24) is 25.4 Å². The zero-order valence-corrected chi connectivity index (χ0v) is 12.2. The third-order valence-electron chi connectivity index (χ3n) is 4.22. The first kappa shape index (κ1) is 13.5. The predicted octanol–water partition coefficient (Wildman–Crippen LogP) is 1.16. The van der Waals surface area contributed by atoms with Crippen LogP contribution in [-0.4, -0.2) is 45.1 Å². The largest absolute Gasteiger partial charge is 0.342 e. The van der Waals surface area contributed by atoms with Crippen LogP contribution in [-0.2, 0) is 4.79 Å². The van der Waals surface area contributed by atoms with Crippen molar-refractivity contribution >= 4 is 5.91 Å². The van der Waals surface area contributed by atoms with E-state index in [9.17, 15) is 4.79 Å². The predicted molar refractivity (Wildman–Crippen MR) is 75.0 cm³/mol. The summed E-state index contributed by atoms with van der Waals surface area (Å²) in [7, 11) is 0. The van der Waals surface area contributed by atoms with E-state index in [4.69, 9.17) is 0 Å². The van der Waals surface area contributed by atoms with E-state index in [1.807, 2.05) is 11.8 Å². The average molecular weight is 277 g/mol. The highest BCUT2D eigenvalue weighted by molar-refractivity contribution is 5.81. The van der Waals surface area contributed by atoms with Gasteiger partial charge in [0.15, 0.2) is 5.82 Å². The maximum atomic E-state index is 12.0. The van der Waals surface area contributed by atoms with Crippen LogP contribution >= 0.6 is 0 Å². The lowest BCUT2D eigenvalue weighted by Crippen LogP contribution is -2.46. The Labute approximate surface area is 119 Å². The molecule has 0 radical (unpaired) electrons. The molecule has 2 N–H and O–H groups in total. The van der Waals surface area contributed by atoms with Gasteiger partial charge in [0.25, 0.3) is 0 Å². The lowest BCUT2D eigenvalue weighted by Gasteiger charge is -2.33. The standard InChI is InChI=1S/C14H23N5O/c1-9(13-16-10(2)17-18-13)15-12-5-7-19(8-6-12)14(20)11-3-4-11/h9,11-12,15H,3-8H2,1-2H3,(H,16,17,18). The van der Waals surface area contributed by atoms with E-state index in [1.165, 1.54) is 0 Å². The van der Waals surface area contributed by atoms with Crippen LogP contribution < -0.4 is 5.32 Å². The van der Waals surface area contributed by atoms with Crippen LogP contribution in [0.15, 0.2) is 0 Å². The van der Waals surface area contributed by atoms with E-state index >= 15 is 0 Å². The molecule has 20 heavy (non-hydrogen) atoms. The fraction of sp³-hybridized carbons (Fsp3) is 0.786. The van der Waals surface area contributed by atoms with Crippen LogP contribution in [0.5, 0.6) is 0 Å². The zero-order valence-electron chi connectivity index (χ0n) is 12.2. The number of nitrogens with one attached hydrogen (secondary N) is 2. The zero-order chi connectivity index (χ0) is 14.1. The molecule has 110 valence electrons.